The van der Waals surface area contributed by atoms with Crippen LogP contribution in [-0.2, 0) is 4.79 Å². The first-order chi connectivity index (χ1) is 13.5. The fraction of sp³-hybridized carbons (Fsp3) is 0.208. The van der Waals surface area contributed by atoms with Gasteiger partial charge in [0.05, 0.1) is 0 Å². The van der Waals surface area contributed by atoms with Gasteiger partial charge in [-0.05, 0) is 54.3 Å². The normalized spacial score (nSPS) is 11.3. The number of esters is 1. The van der Waals surface area contributed by atoms with Crippen molar-refractivity contribution >= 4 is 27.9 Å². The number of furan rings is 1. The van der Waals surface area contributed by atoms with E-state index in [1.54, 1.807) is 6.07 Å². The van der Waals surface area contributed by atoms with Crippen molar-refractivity contribution in [2.24, 2.45) is 0 Å². The Hall–Kier alpha value is -3.27. The Morgan fingerprint density at radius 1 is 0.964 bits per heavy atom. The van der Waals surface area contributed by atoms with Crippen LogP contribution in [0.2, 0.25) is 0 Å². The smallest absolute Gasteiger partial charge is 0.349 e. The molecular weight excluding hydrogens is 352 g/mol. The minimum atomic E-state index is -0.443. The van der Waals surface area contributed by atoms with Gasteiger partial charge in [-0.1, -0.05) is 44.2 Å². The maximum absolute atomic E-state index is 12.3. The van der Waals surface area contributed by atoms with Crippen molar-refractivity contribution in [1.29, 1.82) is 0 Å². The Morgan fingerprint density at radius 2 is 1.75 bits per heavy atom. The number of hydrogen-bond acceptors (Lipinski definition) is 4. The Morgan fingerprint density at radius 3 is 2.57 bits per heavy atom. The predicted octanol–water partition coefficient (Wildman–Crippen LogP) is 6.00. The number of benzene rings is 3. The lowest BCUT2D eigenvalue weighted by molar-refractivity contribution is -0.136. The molecular formula is C24H22O4. The van der Waals surface area contributed by atoms with Crippen LogP contribution in [0, 0.1) is 6.92 Å². The van der Waals surface area contributed by atoms with E-state index in [-0.39, 0.29) is 6.61 Å². The lowest BCUT2D eigenvalue weighted by Crippen LogP contribution is -2.18. The molecule has 4 rings (SSSR count). The summed E-state index contributed by atoms with van der Waals surface area (Å²) < 4.78 is 17.0. The van der Waals surface area contributed by atoms with Gasteiger partial charge in [-0.3, -0.25) is 0 Å². The molecule has 0 aliphatic carbocycles. The number of rotatable bonds is 5. The van der Waals surface area contributed by atoms with E-state index in [1.807, 2.05) is 55.5 Å². The number of ether oxygens (including phenoxy) is 2. The first-order valence-electron chi connectivity index (χ1n) is 9.36. The highest BCUT2D eigenvalue weighted by molar-refractivity contribution is 6.05. The van der Waals surface area contributed by atoms with Crippen LogP contribution < -0.4 is 9.47 Å². The molecule has 1 heterocycles. The molecule has 0 saturated carbocycles. The maximum atomic E-state index is 12.3. The molecule has 0 unspecified atom stereocenters. The maximum Gasteiger partial charge on any atom is 0.349 e. The van der Waals surface area contributed by atoms with Gasteiger partial charge >= 0.3 is 5.97 Å². The second kappa shape index (κ2) is 7.39. The minimum Gasteiger partial charge on any atom is -0.482 e. The number of aryl methyl sites for hydroxylation is 1. The number of carbonyl (C=O) groups excluding carboxylic acids is 1. The number of fused-ring (bicyclic) bond motifs is 3. The molecule has 0 amide bonds. The average Bonchev–Trinajstić information content (AvgIpc) is 3.05. The van der Waals surface area contributed by atoms with Crippen LogP contribution in [0.15, 0.2) is 65.1 Å². The summed E-state index contributed by atoms with van der Waals surface area (Å²) in [6.45, 7) is 6.06. The zero-order valence-corrected chi connectivity index (χ0v) is 16.2. The predicted molar refractivity (Wildman–Crippen MR) is 110 cm³/mol. The highest BCUT2D eigenvalue weighted by atomic mass is 16.6. The monoisotopic (exact) mass is 374 g/mol. The molecule has 0 aliphatic heterocycles. The second-order valence-electron chi connectivity index (χ2n) is 7.20. The third-order valence-corrected chi connectivity index (χ3v) is 4.80. The van der Waals surface area contributed by atoms with Crippen molar-refractivity contribution in [3.63, 3.8) is 0 Å². The zero-order valence-electron chi connectivity index (χ0n) is 16.2. The van der Waals surface area contributed by atoms with Gasteiger partial charge in [0.25, 0.3) is 0 Å². The van der Waals surface area contributed by atoms with Crippen LogP contribution in [-0.4, -0.2) is 12.6 Å². The lowest BCUT2D eigenvalue weighted by Gasteiger charge is -2.12. The largest absolute Gasteiger partial charge is 0.482 e. The van der Waals surface area contributed by atoms with E-state index in [0.717, 1.165) is 27.5 Å². The highest BCUT2D eigenvalue weighted by Gasteiger charge is 2.12. The van der Waals surface area contributed by atoms with Gasteiger partial charge in [-0.2, -0.15) is 0 Å². The Balaban J connectivity index is 1.48. The SMILES string of the molecule is Cc1ccc(C(C)C)cc1OCC(=O)Oc1ccc2oc3ccccc3c2c1. The van der Waals surface area contributed by atoms with Crippen molar-refractivity contribution in [3.05, 3.63) is 71.8 Å². The second-order valence-corrected chi connectivity index (χ2v) is 7.20. The molecule has 0 radical (unpaired) electrons. The van der Waals surface area contributed by atoms with Crippen molar-refractivity contribution < 1.29 is 18.7 Å². The van der Waals surface area contributed by atoms with E-state index < -0.39 is 5.97 Å². The molecule has 0 fully saturated rings. The first-order valence-corrected chi connectivity index (χ1v) is 9.36. The third-order valence-electron chi connectivity index (χ3n) is 4.80. The number of hydrogen-bond donors (Lipinski definition) is 0. The zero-order chi connectivity index (χ0) is 19.7. The van der Waals surface area contributed by atoms with Gasteiger partial charge in [0.1, 0.15) is 22.7 Å². The summed E-state index contributed by atoms with van der Waals surface area (Å²) in [5, 5.41) is 1.91. The third kappa shape index (κ3) is 3.58. The number of para-hydroxylation sites is 1. The molecule has 28 heavy (non-hydrogen) atoms. The molecule has 1 aromatic heterocycles. The highest BCUT2D eigenvalue weighted by Crippen LogP contribution is 2.31. The molecule has 0 spiro atoms. The Labute approximate surface area is 163 Å². The molecule has 4 aromatic rings. The van der Waals surface area contributed by atoms with Crippen LogP contribution in [0.5, 0.6) is 11.5 Å². The molecule has 0 atom stereocenters. The fourth-order valence-electron chi connectivity index (χ4n) is 3.20. The molecule has 0 aliphatic rings. The molecule has 3 aromatic carbocycles. The van der Waals surface area contributed by atoms with Gasteiger partial charge in [0.15, 0.2) is 6.61 Å². The van der Waals surface area contributed by atoms with Crippen LogP contribution >= 0.6 is 0 Å². The van der Waals surface area contributed by atoms with Crippen LogP contribution in [0.25, 0.3) is 21.9 Å². The van der Waals surface area contributed by atoms with E-state index >= 15 is 0 Å². The standard InChI is InChI=1S/C24H22O4/c1-15(2)17-9-8-16(3)23(12-17)26-14-24(25)27-18-10-11-22-20(13-18)19-6-4-5-7-21(19)28-22/h4-13,15H,14H2,1-3H3. The van der Waals surface area contributed by atoms with Crippen LogP contribution in [0.1, 0.15) is 30.9 Å². The van der Waals surface area contributed by atoms with Crippen molar-refractivity contribution in [2.45, 2.75) is 26.7 Å². The number of carbonyl (C=O) groups is 1. The molecule has 4 heteroatoms. The summed E-state index contributed by atoms with van der Waals surface area (Å²) in [5.74, 6) is 1.13. The van der Waals surface area contributed by atoms with E-state index in [2.05, 4.69) is 19.9 Å². The summed E-state index contributed by atoms with van der Waals surface area (Å²) in [7, 11) is 0. The van der Waals surface area contributed by atoms with Crippen LogP contribution in [0.3, 0.4) is 0 Å². The van der Waals surface area contributed by atoms with E-state index in [1.165, 1.54) is 5.56 Å². The van der Waals surface area contributed by atoms with E-state index in [0.29, 0.717) is 17.4 Å². The molecule has 142 valence electrons. The quantitative estimate of drug-likeness (QED) is 0.317. The summed E-state index contributed by atoms with van der Waals surface area (Å²) in [6.07, 6.45) is 0. The summed E-state index contributed by atoms with van der Waals surface area (Å²) in [4.78, 5) is 12.3. The van der Waals surface area contributed by atoms with Crippen molar-refractivity contribution in [2.75, 3.05) is 6.61 Å². The van der Waals surface area contributed by atoms with Crippen molar-refractivity contribution in [1.82, 2.24) is 0 Å². The fourth-order valence-corrected chi connectivity index (χ4v) is 3.20. The Bertz CT molecular complexity index is 1150. The summed E-state index contributed by atoms with van der Waals surface area (Å²) >= 11 is 0. The van der Waals surface area contributed by atoms with Gasteiger partial charge in [-0.15, -0.1) is 0 Å². The molecule has 4 nitrogen and oxygen atoms in total. The average molecular weight is 374 g/mol. The minimum absolute atomic E-state index is 0.146. The van der Waals surface area contributed by atoms with Crippen molar-refractivity contribution in [3.8, 4) is 11.5 Å². The molecule has 0 saturated heterocycles. The lowest BCUT2D eigenvalue weighted by atomic mass is 10.0. The summed E-state index contributed by atoms with van der Waals surface area (Å²) in [6, 6.07) is 19.2. The topological polar surface area (TPSA) is 48.7 Å². The first kappa shape index (κ1) is 18.1. The van der Waals surface area contributed by atoms with Crippen LogP contribution in [0.4, 0.5) is 0 Å². The van der Waals surface area contributed by atoms with Gasteiger partial charge in [0.2, 0.25) is 0 Å². The summed E-state index contributed by atoms with van der Waals surface area (Å²) in [5.41, 5.74) is 3.73. The van der Waals surface area contributed by atoms with E-state index in [9.17, 15) is 4.79 Å². The Kier molecular flexibility index (Phi) is 4.78. The van der Waals surface area contributed by atoms with E-state index in [4.69, 9.17) is 13.9 Å². The van der Waals surface area contributed by atoms with Gasteiger partial charge in [0, 0.05) is 10.8 Å². The van der Waals surface area contributed by atoms with Gasteiger partial charge < -0.3 is 13.9 Å². The molecule has 0 N–H and O–H groups in total. The van der Waals surface area contributed by atoms with Gasteiger partial charge in [-0.25, -0.2) is 4.79 Å². The molecule has 0 bridgehead atoms.